The Morgan fingerprint density at radius 1 is 1.35 bits per heavy atom. The Kier molecular flexibility index (Phi) is 5.32. The van der Waals surface area contributed by atoms with Crippen LogP contribution in [0.3, 0.4) is 0 Å². The van der Waals surface area contributed by atoms with Gasteiger partial charge in [0, 0.05) is 0 Å². The highest BCUT2D eigenvalue weighted by Crippen LogP contribution is 2.36. The summed E-state index contributed by atoms with van der Waals surface area (Å²) in [5.41, 5.74) is 1.83. The zero-order chi connectivity index (χ0) is 12.8. The second-order valence-corrected chi connectivity index (χ2v) is 3.96. The van der Waals surface area contributed by atoms with Crippen molar-refractivity contribution in [1.82, 2.24) is 0 Å². The third-order valence-corrected chi connectivity index (χ3v) is 2.76. The molecule has 0 heterocycles. The van der Waals surface area contributed by atoms with Gasteiger partial charge in [-0.05, 0) is 29.7 Å². The van der Waals surface area contributed by atoms with E-state index >= 15 is 0 Å². The van der Waals surface area contributed by atoms with Gasteiger partial charge in [-0.25, -0.2) is 0 Å². The van der Waals surface area contributed by atoms with E-state index in [4.69, 9.17) is 26.2 Å². The Morgan fingerprint density at radius 2 is 2.06 bits per heavy atom. The van der Waals surface area contributed by atoms with Gasteiger partial charge in [-0.2, -0.15) is 0 Å². The summed E-state index contributed by atoms with van der Waals surface area (Å²) in [4.78, 5) is 0. The second kappa shape index (κ2) is 6.52. The fraction of sp³-hybridized carbons (Fsp3) is 0.385. The van der Waals surface area contributed by atoms with Crippen LogP contribution in [-0.2, 0) is 0 Å². The summed E-state index contributed by atoms with van der Waals surface area (Å²) in [5, 5.41) is 9.62. The fourth-order valence-electron chi connectivity index (χ4n) is 1.52. The Bertz CT molecular complexity index is 407. The number of ether oxygens (including phenoxy) is 2. The van der Waals surface area contributed by atoms with Crippen molar-refractivity contribution in [2.45, 2.75) is 13.3 Å². The summed E-state index contributed by atoms with van der Waals surface area (Å²) in [5.74, 6) is 1.10. The first kappa shape index (κ1) is 13.9. The molecule has 1 N–H and O–H groups in total. The van der Waals surface area contributed by atoms with Crippen molar-refractivity contribution in [3.05, 3.63) is 28.3 Å². The van der Waals surface area contributed by atoms with E-state index in [-0.39, 0.29) is 6.61 Å². The Labute approximate surface area is 107 Å². The molecule has 1 aromatic rings. The number of methoxy groups -OCH3 is 2. The van der Waals surface area contributed by atoms with E-state index in [1.807, 2.05) is 19.1 Å². The largest absolute Gasteiger partial charge is 0.493 e. The van der Waals surface area contributed by atoms with E-state index in [1.165, 1.54) is 0 Å². The highest BCUT2D eigenvalue weighted by atomic mass is 35.5. The third-order valence-electron chi connectivity index (χ3n) is 2.48. The maximum atomic E-state index is 9.13. The average Bonchev–Trinajstić information content (AvgIpc) is 2.35. The van der Waals surface area contributed by atoms with Crippen molar-refractivity contribution < 1.29 is 14.6 Å². The van der Waals surface area contributed by atoms with Crippen molar-refractivity contribution >= 4 is 17.7 Å². The molecule has 0 aliphatic carbocycles. The summed E-state index contributed by atoms with van der Waals surface area (Å²) in [7, 11) is 3.11. The molecule has 0 amide bonds. The standard InChI is InChI=1S/C13H17ClO3/c1-4-9(8-15)5-10-6-11(14)13(17-3)12(7-10)16-2/h5-7,15H,4,8H2,1-3H3. The molecular formula is C13H17ClO3. The second-order valence-electron chi connectivity index (χ2n) is 3.55. The third kappa shape index (κ3) is 3.38. The van der Waals surface area contributed by atoms with Gasteiger partial charge < -0.3 is 14.6 Å². The lowest BCUT2D eigenvalue weighted by atomic mass is 10.1. The molecule has 0 atom stereocenters. The van der Waals surface area contributed by atoms with Crippen LogP contribution in [0, 0.1) is 0 Å². The lowest BCUT2D eigenvalue weighted by Crippen LogP contribution is -1.93. The first-order valence-corrected chi connectivity index (χ1v) is 5.75. The molecule has 3 nitrogen and oxygen atoms in total. The first-order valence-electron chi connectivity index (χ1n) is 5.38. The van der Waals surface area contributed by atoms with Crippen LogP contribution >= 0.6 is 11.6 Å². The molecule has 0 aliphatic heterocycles. The van der Waals surface area contributed by atoms with E-state index < -0.39 is 0 Å². The Morgan fingerprint density at radius 3 is 2.53 bits per heavy atom. The predicted octanol–water partition coefficient (Wildman–Crippen LogP) is 3.14. The van der Waals surface area contributed by atoms with E-state index in [1.54, 1.807) is 20.3 Å². The van der Waals surface area contributed by atoms with Gasteiger partial charge in [-0.1, -0.05) is 24.6 Å². The molecule has 0 radical (unpaired) electrons. The quantitative estimate of drug-likeness (QED) is 0.880. The van der Waals surface area contributed by atoms with Crippen LogP contribution in [0.4, 0.5) is 0 Å². The van der Waals surface area contributed by atoms with E-state index in [0.29, 0.717) is 16.5 Å². The molecule has 0 aliphatic rings. The summed E-state index contributed by atoms with van der Waals surface area (Å²) in [6.07, 6.45) is 2.69. The van der Waals surface area contributed by atoms with Crippen molar-refractivity contribution in [1.29, 1.82) is 0 Å². The monoisotopic (exact) mass is 256 g/mol. The molecule has 17 heavy (non-hydrogen) atoms. The molecule has 0 bridgehead atoms. The molecule has 0 unspecified atom stereocenters. The first-order chi connectivity index (χ1) is 8.15. The molecule has 4 heteroatoms. The van der Waals surface area contributed by atoms with E-state index in [2.05, 4.69) is 0 Å². The van der Waals surface area contributed by atoms with Gasteiger partial charge in [-0.15, -0.1) is 0 Å². The van der Waals surface area contributed by atoms with Crippen LogP contribution in [0.2, 0.25) is 5.02 Å². The minimum absolute atomic E-state index is 0.0441. The van der Waals surface area contributed by atoms with Gasteiger partial charge in [-0.3, -0.25) is 0 Å². The summed E-state index contributed by atoms with van der Waals surface area (Å²) in [6, 6.07) is 3.62. The predicted molar refractivity (Wildman–Crippen MR) is 69.9 cm³/mol. The van der Waals surface area contributed by atoms with Crippen molar-refractivity contribution in [2.24, 2.45) is 0 Å². The van der Waals surface area contributed by atoms with Gasteiger partial charge in [0.25, 0.3) is 0 Å². The van der Waals surface area contributed by atoms with Crippen LogP contribution in [0.1, 0.15) is 18.9 Å². The van der Waals surface area contributed by atoms with Crippen molar-refractivity contribution in [3.63, 3.8) is 0 Å². The molecule has 0 saturated heterocycles. The van der Waals surface area contributed by atoms with Gasteiger partial charge in [0.15, 0.2) is 11.5 Å². The Hall–Kier alpha value is -1.19. The van der Waals surface area contributed by atoms with Crippen LogP contribution in [-0.4, -0.2) is 25.9 Å². The maximum Gasteiger partial charge on any atom is 0.179 e. The highest BCUT2D eigenvalue weighted by molar-refractivity contribution is 6.32. The zero-order valence-electron chi connectivity index (χ0n) is 10.3. The smallest absolute Gasteiger partial charge is 0.179 e. The fourth-order valence-corrected chi connectivity index (χ4v) is 1.81. The topological polar surface area (TPSA) is 38.7 Å². The lowest BCUT2D eigenvalue weighted by Gasteiger charge is -2.10. The average molecular weight is 257 g/mol. The van der Waals surface area contributed by atoms with Crippen molar-refractivity contribution in [2.75, 3.05) is 20.8 Å². The summed E-state index contributed by atoms with van der Waals surface area (Å²) >= 11 is 6.09. The summed E-state index contributed by atoms with van der Waals surface area (Å²) in [6.45, 7) is 2.03. The van der Waals surface area contributed by atoms with Gasteiger partial charge in [0.1, 0.15) is 0 Å². The number of halogens is 1. The lowest BCUT2D eigenvalue weighted by molar-refractivity contribution is 0.329. The highest BCUT2D eigenvalue weighted by Gasteiger charge is 2.10. The molecular weight excluding hydrogens is 240 g/mol. The van der Waals surface area contributed by atoms with Crippen molar-refractivity contribution in [3.8, 4) is 11.5 Å². The maximum absolute atomic E-state index is 9.13. The van der Waals surface area contributed by atoms with Gasteiger partial charge >= 0.3 is 0 Å². The number of aliphatic hydroxyl groups is 1. The molecule has 0 saturated carbocycles. The normalized spacial score (nSPS) is 11.5. The van der Waals surface area contributed by atoms with Gasteiger partial charge in [0.05, 0.1) is 25.8 Å². The van der Waals surface area contributed by atoms with E-state index in [9.17, 15) is 0 Å². The molecule has 0 fully saturated rings. The number of rotatable bonds is 5. The molecule has 94 valence electrons. The van der Waals surface area contributed by atoms with Crippen LogP contribution in [0.25, 0.3) is 6.08 Å². The number of aliphatic hydroxyl groups excluding tert-OH is 1. The number of benzene rings is 1. The molecule has 0 aromatic heterocycles. The van der Waals surface area contributed by atoms with Crippen LogP contribution in [0.5, 0.6) is 11.5 Å². The Balaban J connectivity index is 3.20. The number of hydrogen-bond donors (Lipinski definition) is 1. The SMILES string of the molecule is CCC(=Cc1cc(Cl)c(OC)c(OC)c1)CO. The minimum atomic E-state index is 0.0441. The zero-order valence-corrected chi connectivity index (χ0v) is 11.0. The molecule has 1 rings (SSSR count). The summed E-state index contributed by atoms with van der Waals surface area (Å²) < 4.78 is 10.4. The minimum Gasteiger partial charge on any atom is -0.493 e. The van der Waals surface area contributed by atoms with E-state index in [0.717, 1.165) is 17.6 Å². The molecule has 1 aromatic carbocycles. The number of hydrogen-bond acceptors (Lipinski definition) is 3. The van der Waals surface area contributed by atoms with Crippen LogP contribution in [0.15, 0.2) is 17.7 Å². The molecule has 0 spiro atoms. The van der Waals surface area contributed by atoms with Gasteiger partial charge in [0.2, 0.25) is 0 Å². The van der Waals surface area contributed by atoms with Crippen LogP contribution < -0.4 is 9.47 Å².